The molecule has 20 heavy (non-hydrogen) atoms. The van der Waals surface area contributed by atoms with E-state index in [1.54, 1.807) is 6.08 Å². The molecule has 2 atom stereocenters. The molecule has 0 fully saturated rings. The minimum atomic E-state index is -3.12. The minimum absolute atomic E-state index is 0.254. The van der Waals surface area contributed by atoms with Crippen molar-refractivity contribution < 1.29 is 14.1 Å². The summed E-state index contributed by atoms with van der Waals surface area (Å²) in [5.74, 6) is -0.460. The molecule has 0 saturated carbocycles. The van der Waals surface area contributed by atoms with Gasteiger partial charge in [-0.05, 0) is 23.2 Å². The zero-order chi connectivity index (χ0) is 15.2. The van der Waals surface area contributed by atoms with Gasteiger partial charge in [0.15, 0.2) is 0 Å². The average molecular weight is 316 g/mol. The van der Waals surface area contributed by atoms with E-state index in [2.05, 4.69) is 6.58 Å². The summed E-state index contributed by atoms with van der Waals surface area (Å²) in [6, 6.07) is 8.76. The Bertz CT molecular complexity index is 500. The van der Waals surface area contributed by atoms with E-state index in [1.165, 1.54) is 18.4 Å². The number of esters is 1. The van der Waals surface area contributed by atoms with Crippen LogP contribution in [-0.2, 0) is 20.5 Å². The molecule has 110 valence electrons. The van der Waals surface area contributed by atoms with E-state index < -0.39 is 18.7 Å². The van der Waals surface area contributed by atoms with Gasteiger partial charge in [0.05, 0.1) is 7.11 Å². The predicted octanol–water partition coefficient (Wildman–Crippen LogP) is 3.32. The molecule has 1 aromatic rings. The molecule has 0 radical (unpaired) electrons. The standard InChI is InChI=1S/C14H19ClNO3P/c1-4-10-16(20(3,15)18)13(14(17)19-2)11-12-8-6-5-7-9-12/h4-9,13H,1,10-11H2,2-3H3/t13-,20?/m0/s1. The first-order valence-corrected chi connectivity index (χ1v) is 9.18. The van der Waals surface area contributed by atoms with Crippen molar-refractivity contribution in [1.82, 2.24) is 4.67 Å². The van der Waals surface area contributed by atoms with E-state index >= 15 is 0 Å². The largest absolute Gasteiger partial charge is 0.468 e. The molecule has 0 N–H and O–H groups in total. The predicted molar refractivity (Wildman–Crippen MR) is 82.2 cm³/mol. The van der Waals surface area contributed by atoms with Crippen molar-refractivity contribution in [3.05, 3.63) is 48.6 Å². The highest BCUT2D eigenvalue weighted by molar-refractivity contribution is 7.86. The van der Waals surface area contributed by atoms with Crippen LogP contribution in [0.3, 0.4) is 0 Å². The van der Waals surface area contributed by atoms with Crippen LogP contribution in [0.5, 0.6) is 0 Å². The topological polar surface area (TPSA) is 46.6 Å². The van der Waals surface area contributed by atoms with Gasteiger partial charge in [-0.3, -0.25) is 9.36 Å². The highest BCUT2D eigenvalue weighted by Crippen LogP contribution is 2.52. The number of halogens is 1. The number of hydrogen-bond acceptors (Lipinski definition) is 3. The van der Waals surface area contributed by atoms with Gasteiger partial charge in [-0.1, -0.05) is 36.4 Å². The first-order chi connectivity index (χ1) is 9.40. The van der Waals surface area contributed by atoms with Crippen LogP contribution in [0, 0.1) is 0 Å². The van der Waals surface area contributed by atoms with E-state index in [-0.39, 0.29) is 6.54 Å². The average Bonchev–Trinajstić information content (AvgIpc) is 2.41. The first kappa shape index (κ1) is 17.0. The van der Waals surface area contributed by atoms with Crippen molar-refractivity contribution in [2.45, 2.75) is 12.5 Å². The van der Waals surface area contributed by atoms with Gasteiger partial charge in [0.1, 0.15) is 6.04 Å². The SMILES string of the molecule is C=CCN([C@@H](Cc1ccccc1)C(=O)OC)P(C)(=O)Cl. The fourth-order valence-corrected chi connectivity index (χ4v) is 3.52. The molecule has 1 rings (SSSR count). The van der Waals surface area contributed by atoms with E-state index in [9.17, 15) is 9.36 Å². The normalized spacial score (nSPS) is 15.4. The van der Waals surface area contributed by atoms with E-state index in [1.807, 2.05) is 30.3 Å². The monoisotopic (exact) mass is 315 g/mol. The number of carbonyl (C=O) groups is 1. The van der Waals surface area contributed by atoms with Crippen LogP contribution in [0.4, 0.5) is 0 Å². The number of rotatable bonds is 7. The Morgan fingerprint density at radius 3 is 2.55 bits per heavy atom. The van der Waals surface area contributed by atoms with Crippen LogP contribution in [-0.4, -0.2) is 37.0 Å². The third kappa shape index (κ3) is 4.78. The van der Waals surface area contributed by atoms with E-state index in [4.69, 9.17) is 16.0 Å². The highest BCUT2D eigenvalue weighted by atomic mass is 35.7. The summed E-state index contributed by atoms with van der Waals surface area (Å²) in [6.07, 6.45) is 1.95. The lowest BCUT2D eigenvalue weighted by Crippen LogP contribution is -2.40. The second-order valence-electron chi connectivity index (χ2n) is 4.42. The molecule has 0 aromatic heterocycles. The molecule has 0 aliphatic heterocycles. The van der Waals surface area contributed by atoms with Gasteiger partial charge < -0.3 is 4.74 Å². The maximum Gasteiger partial charge on any atom is 0.323 e. The smallest absolute Gasteiger partial charge is 0.323 e. The van der Waals surface area contributed by atoms with Gasteiger partial charge in [-0.25, -0.2) is 4.67 Å². The molecule has 0 aliphatic rings. The number of nitrogens with zero attached hydrogens (tertiary/aromatic N) is 1. The van der Waals surface area contributed by atoms with Crippen molar-refractivity contribution >= 4 is 23.9 Å². The summed E-state index contributed by atoms with van der Waals surface area (Å²) >= 11 is 5.97. The van der Waals surface area contributed by atoms with Gasteiger partial charge in [-0.15, -0.1) is 6.58 Å². The van der Waals surface area contributed by atoms with E-state index in [0.717, 1.165) is 5.56 Å². The lowest BCUT2D eigenvalue weighted by atomic mass is 10.1. The van der Waals surface area contributed by atoms with Gasteiger partial charge in [0.25, 0.3) is 0 Å². The lowest BCUT2D eigenvalue weighted by Gasteiger charge is -2.30. The Morgan fingerprint density at radius 1 is 1.50 bits per heavy atom. The minimum Gasteiger partial charge on any atom is -0.468 e. The summed E-state index contributed by atoms with van der Waals surface area (Å²) in [5.41, 5.74) is 0.946. The quantitative estimate of drug-likeness (QED) is 0.440. The van der Waals surface area contributed by atoms with Gasteiger partial charge in [0.2, 0.25) is 6.65 Å². The van der Waals surface area contributed by atoms with Crippen molar-refractivity contribution in [3.8, 4) is 0 Å². The lowest BCUT2D eigenvalue weighted by molar-refractivity contribution is -0.145. The van der Waals surface area contributed by atoms with Crippen molar-refractivity contribution in [1.29, 1.82) is 0 Å². The van der Waals surface area contributed by atoms with Crippen LogP contribution < -0.4 is 0 Å². The zero-order valence-corrected chi connectivity index (χ0v) is 13.3. The molecule has 0 saturated heterocycles. The summed E-state index contributed by atoms with van der Waals surface area (Å²) < 4.78 is 18.4. The molecule has 6 heteroatoms. The van der Waals surface area contributed by atoms with Crippen molar-refractivity contribution in [2.24, 2.45) is 0 Å². The fraction of sp³-hybridized carbons (Fsp3) is 0.357. The number of benzene rings is 1. The maximum absolute atomic E-state index is 12.2. The Balaban J connectivity index is 3.07. The maximum atomic E-state index is 12.2. The molecule has 1 unspecified atom stereocenters. The van der Waals surface area contributed by atoms with Crippen LogP contribution in [0.15, 0.2) is 43.0 Å². The van der Waals surface area contributed by atoms with Crippen molar-refractivity contribution in [2.75, 3.05) is 20.3 Å². The molecule has 0 aliphatic carbocycles. The van der Waals surface area contributed by atoms with Gasteiger partial charge in [0, 0.05) is 13.2 Å². The third-order valence-corrected chi connectivity index (χ3v) is 4.82. The van der Waals surface area contributed by atoms with Gasteiger partial charge in [-0.2, -0.15) is 0 Å². The van der Waals surface area contributed by atoms with Crippen molar-refractivity contribution in [3.63, 3.8) is 0 Å². The Labute approximate surface area is 124 Å². The van der Waals surface area contributed by atoms with Crippen LogP contribution >= 0.6 is 17.9 Å². The third-order valence-electron chi connectivity index (χ3n) is 2.88. The number of ether oxygens (including phenoxy) is 1. The van der Waals surface area contributed by atoms with Gasteiger partial charge >= 0.3 is 5.97 Å². The molecular formula is C14H19ClNO3P. The molecule has 0 bridgehead atoms. The van der Waals surface area contributed by atoms with Crippen LogP contribution in [0.2, 0.25) is 0 Å². The first-order valence-electron chi connectivity index (χ1n) is 6.17. The summed E-state index contributed by atoms with van der Waals surface area (Å²) in [6.45, 7) is 2.17. The van der Waals surface area contributed by atoms with Crippen LogP contribution in [0.1, 0.15) is 5.56 Å². The molecule has 4 nitrogen and oxygen atoms in total. The Hall–Kier alpha value is -1.09. The molecular weight excluding hydrogens is 297 g/mol. The number of methoxy groups -OCH3 is 1. The second kappa shape index (κ2) is 7.63. The fourth-order valence-electron chi connectivity index (χ4n) is 1.94. The number of carbonyl (C=O) groups excluding carboxylic acids is 1. The highest BCUT2D eigenvalue weighted by Gasteiger charge is 2.34. The molecule has 0 heterocycles. The zero-order valence-electron chi connectivity index (χ0n) is 11.7. The molecule has 0 spiro atoms. The Morgan fingerprint density at radius 2 is 2.10 bits per heavy atom. The molecule has 0 amide bonds. The Kier molecular flexibility index (Phi) is 6.47. The summed E-state index contributed by atoms with van der Waals surface area (Å²) in [4.78, 5) is 12.0. The van der Waals surface area contributed by atoms with E-state index in [0.29, 0.717) is 6.42 Å². The second-order valence-corrected chi connectivity index (χ2v) is 8.37. The van der Waals surface area contributed by atoms with Crippen LogP contribution in [0.25, 0.3) is 0 Å². The summed E-state index contributed by atoms with van der Waals surface area (Å²) in [7, 11) is 1.31. The summed E-state index contributed by atoms with van der Waals surface area (Å²) in [5, 5.41) is 0. The molecule has 1 aromatic carbocycles. The number of hydrogen-bond donors (Lipinski definition) is 0.